The molecule has 0 unspecified atom stereocenters. The first-order chi connectivity index (χ1) is 7.16. The molecule has 0 amide bonds. The number of aliphatic carboxylic acids is 1. The van der Waals surface area contributed by atoms with Crippen molar-refractivity contribution in [1.82, 2.24) is 0 Å². The van der Waals surface area contributed by atoms with Crippen LogP contribution >= 0.6 is 0 Å². The van der Waals surface area contributed by atoms with Gasteiger partial charge in [0.25, 0.3) is 0 Å². The third kappa shape index (κ3) is 11.1. The Morgan fingerprint density at radius 3 is 1.93 bits per heavy atom. The zero-order valence-corrected chi connectivity index (χ0v) is 9.63. The predicted molar refractivity (Wildman–Crippen MR) is 59.9 cm³/mol. The average Bonchev–Trinajstić information content (AvgIpc) is 2.19. The van der Waals surface area contributed by atoms with Crippen LogP contribution in [0, 0.1) is 0 Å². The van der Waals surface area contributed by atoms with Crippen LogP contribution in [0.4, 0.5) is 0 Å². The minimum absolute atomic E-state index is 0.184. The topological polar surface area (TPSA) is 54.4 Å². The van der Waals surface area contributed by atoms with Crippen LogP contribution < -0.4 is 0 Å². The van der Waals surface area contributed by atoms with Gasteiger partial charge in [-0.1, -0.05) is 26.2 Å². The highest BCUT2D eigenvalue weighted by molar-refractivity contribution is 5.78. The number of unbranched alkanes of at least 4 members (excludes halogenated alkanes) is 4. The summed E-state index contributed by atoms with van der Waals surface area (Å²) in [4.78, 5) is 21.5. The molecule has 0 aromatic rings. The minimum Gasteiger partial charge on any atom is -0.481 e. The number of carboxylic acid groups (broad SMARTS) is 1. The van der Waals surface area contributed by atoms with Gasteiger partial charge in [0.15, 0.2) is 0 Å². The van der Waals surface area contributed by atoms with Gasteiger partial charge in [0.2, 0.25) is 0 Å². The summed E-state index contributed by atoms with van der Waals surface area (Å²) in [6, 6.07) is 0. The number of ketones is 1. The third-order valence-electron chi connectivity index (χ3n) is 2.41. The highest BCUT2D eigenvalue weighted by Gasteiger charge is 2.02. The van der Waals surface area contributed by atoms with Gasteiger partial charge in [-0.05, 0) is 19.3 Å². The zero-order chi connectivity index (χ0) is 11.5. The van der Waals surface area contributed by atoms with E-state index in [1.54, 1.807) is 0 Å². The molecule has 0 atom stereocenters. The van der Waals surface area contributed by atoms with Gasteiger partial charge in [0.1, 0.15) is 5.78 Å². The Hall–Kier alpha value is -0.860. The van der Waals surface area contributed by atoms with Gasteiger partial charge >= 0.3 is 5.97 Å². The van der Waals surface area contributed by atoms with Crippen molar-refractivity contribution in [2.45, 2.75) is 64.7 Å². The highest BCUT2D eigenvalue weighted by atomic mass is 16.4. The number of carbonyl (C=O) groups is 2. The number of hydrogen-bond donors (Lipinski definition) is 1. The van der Waals surface area contributed by atoms with Gasteiger partial charge in [-0.15, -0.1) is 0 Å². The lowest BCUT2D eigenvalue weighted by Gasteiger charge is -2.00. The lowest BCUT2D eigenvalue weighted by Crippen LogP contribution is -1.99. The first kappa shape index (κ1) is 14.1. The van der Waals surface area contributed by atoms with Crippen LogP contribution in [-0.4, -0.2) is 16.9 Å². The second kappa shape index (κ2) is 9.69. The van der Waals surface area contributed by atoms with E-state index >= 15 is 0 Å². The predicted octanol–water partition coefficient (Wildman–Crippen LogP) is 3.17. The van der Waals surface area contributed by atoms with Crippen LogP contribution in [0.15, 0.2) is 0 Å². The van der Waals surface area contributed by atoms with Gasteiger partial charge in [-0.25, -0.2) is 0 Å². The molecule has 0 fully saturated rings. The Bertz CT molecular complexity index is 187. The molecule has 3 nitrogen and oxygen atoms in total. The van der Waals surface area contributed by atoms with Crippen molar-refractivity contribution < 1.29 is 14.7 Å². The summed E-state index contributed by atoms with van der Waals surface area (Å²) in [6.45, 7) is 2.15. The quantitative estimate of drug-likeness (QED) is 0.568. The maximum Gasteiger partial charge on any atom is 0.303 e. The molecule has 1 N–H and O–H groups in total. The Morgan fingerprint density at radius 2 is 1.40 bits per heavy atom. The van der Waals surface area contributed by atoms with Crippen LogP contribution in [0.25, 0.3) is 0 Å². The van der Waals surface area contributed by atoms with Crippen LogP contribution in [0.5, 0.6) is 0 Å². The van der Waals surface area contributed by atoms with Crippen molar-refractivity contribution in [2.24, 2.45) is 0 Å². The highest BCUT2D eigenvalue weighted by Crippen LogP contribution is 2.07. The summed E-state index contributed by atoms with van der Waals surface area (Å²) in [6.07, 6.45) is 7.27. The van der Waals surface area contributed by atoms with Crippen molar-refractivity contribution in [3.8, 4) is 0 Å². The first-order valence-electron chi connectivity index (χ1n) is 5.90. The lowest BCUT2D eigenvalue weighted by atomic mass is 10.1. The monoisotopic (exact) mass is 214 g/mol. The fraction of sp³-hybridized carbons (Fsp3) is 0.833. The fourth-order valence-corrected chi connectivity index (χ4v) is 1.47. The molecule has 15 heavy (non-hydrogen) atoms. The van der Waals surface area contributed by atoms with Crippen LogP contribution in [-0.2, 0) is 9.59 Å². The fourth-order valence-electron chi connectivity index (χ4n) is 1.47. The molecule has 0 aliphatic rings. The molecule has 0 aromatic carbocycles. The molecule has 88 valence electrons. The zero-order valence-electron chi connectivity index (χ0n) is 9.63. The van der Waals surface area contributed by atoms with Gasteiger partial charge in [0.05, 0.1) is 0 Å². The van der Waals surface area contributed by atoms with E-state index in [1.165, 1.54) is 12.8 Å². The molecule has 0 aromatic heterocycles. The van der Waals surface area contributed by atoms with Gasteiger partial charge in [-0.2, -0.15) is 0 Å². The Balaban J connectivity index is 3.22. The lowest BCUT2D eigenvalue weighted by molar-refractivity contribution is -0.137. The van der Waals surface area contributed by atoms with E-state index in [4.69, 9.17) is 5.11 Å². The molecule has 0 aliphatic heterocycles. The van der Waals surface area contributed by atoms with Crippen molar-refractivity contribution in [2.75, 3.05) is 0 Å². The summed E-state index contributed by atoms with van der Waals surface area (Å²) in [5.41, 5.74) is 0. The van der Waals surface area contributed by atoms with E-state index in [9.17, 15) is 9.59 Å². The summed E-state index contributed by atoms with van der Waals surface area (Å²) in [5.74, 6) is -0.484. The minimum atomic E-state index is -0.773. The molecule has 0 bridgehead atoms. The molecule has 0 saturated heterocycles. The maximum atomic E-state index is 11.3. The summed E-state index contributed by atoms with van der Waals surface area (Å²) < 4.78 is 0. The van der Waals surface area contributed by atoms with Crippen LogP contribution in [0.3, 0.4) is 0 Å². The van der Waals surface area contributed by atoms with E-state index < -0.39 is 5.97 Å². The third-order valence-corrected chi connectivity index (χ3v) is 2.41. The number of Topliss-reactive ketones (excluding diaryl/α,β-unsaturated/α-hetero) is 1. The number of carboxylic acids is 1. The summed E-state index contributed by atoms with van der Waals surface area (Å²) >= 11 is 0. The molecule has 3 heteroatoms. The average molecular weight is 214 g/mol. The SMILES string of the molecule is CCCCCCC(=O)CCCCC(=O)O. The van der Waals surface area contributed by atoms with E-state index in [1.807, 2.05) is 0 Å². The number of hydrogen-bond acceptors (Lipinski definition) is 2. The molecular formula is C12H22O3. The van der Waals surface area contributed by atoms with Crippen molar-refractivity contribution in [3.05, 3.63) is 0 Å². The second-order valence-corrected chi connectivity index (χ2v) is 3.95. The maximum absolute atomic E-state index is 11.3. The molecular weight excluding hydrogens is 192 g/mol. The van der Waals surface area contributed by atoms with Gasteiger partial charge < -0.3 is 5.11 Å². The second-order valence-electron chi connectivity index (χ2n) is 3.95. The van der Waals surface area contributed by atoms with E-state index in [0.29, 0.717) is 19.3 Å². The van der Waals surface area contributed by atoms with Crippen LogP contribution in [0.1, 0.15) is 64.7 Å². The van der Waals surface area contributed by atoms with Crippen LogP contribution in [0.2, 0.25) is 0 Å². The Labute approximate surface area is 91.9 Å². The molecule has 0 rings (SSSR count). The number of rotatable bonds is 10. The molecule has 0 radical (unpaired) electrons. The molecule has 0 spiro atoms. The molecule has 0 aliphatic carbocycles. The molecule has 0 saturated carbocycles. The Morgan fingerprint density at radius 1 is 0.867 bits per heavy atom. The first-order valence-corrected chi connectivity index (χ1v) is 5.90. The van der Waals surface area contributed by atoms with Gasteiger partial charge in [0, 0.05) is 19.3 Å². The standard InChI is InChI=1S/C12H22O3/c1-2-3-4-5-8-11(13)9-6-7-10-12(14)15/h2-10H2,1H3,(H,14,15). The van der Waals surface area contributed by atoms with Crippen molar-refractivity contribution in [1.29, 1.82) is 0 Å². The smallest absolute Gasteiger partial charge is 0.303 e. The normalized spacial score (nSPS) is 10.2. The molecule has 0 heterocycles. The largest absolute Gasteiger partial charge is 0.481 e. The van der Waals surface area contributed by atoms with E-state index in [0.717, 1.165) is 19.3 Å². The van der Waals surface area contributed by atoms with Crippen molar-refractivity contribution >= 4 is 11.8 Å². The van der Waals surface area contributed by atoms with E-state index in [2.05, 4.69) is 6.92 Å². The summed E-state index contributed by atoms with van der Waals surface area (Å²) in [7, 11) is 0. The summed E-state index contributed by atoms with van der Waals surface area (Å²) in [5, 5.41) is 8.39. The van der Waals surface area contributed by atoms with E-state index in [-0.39, 0.29) is 12.2 Å². The van der Waals surface area contributed by atoms with Crippen molar-refractivity contribution in [3.63, 3.8) is 0 Å². The number of carbonyl (C=O) groups excluding carboxylic acids is 1. The van der Waals surface area contributed by atoms with Gasteiger partial charge in [-0.3, -0.25) is 9.59 Å². The Kier molecular flexibility index (Phi) is 9.13.